The molecule has 1 aromatic heterocycles. The van der Waals surface area contributed by atoms with E-state index in [4.69, 9.17) is 11.6 Å². The SMILES string of the molecule is CSc1nc(Cl)cc(C(C)S(=O)(=NC(=O)c2ccccc2)c2ccccc2)n1. The van der Waals surface area contributed by atoms with Gasteiger partial charge in [0, 0.05) is 10.5 Å². The summed E-state index contributed by atoms with van der Waals surface area (Å²) >= 11 is 7.45. The average molecular weight is 432 g/mol. The minimum atomic E-state index is -3.17. The van der Waals surface area contributed by atoms with Crippen LogP contribution in [0.1, 0.15) is 28.2 Å². The van der Waals surface area contributed by atoms with E-state index in [0.29, 0.717) is 21.3 Å². The predicted molar refractivity (Wildman–Crippen MR) is 113 cm³/mol. The number of carbonyl (C=O) groups excluding carboxylic acids is 1. The van der Waals surface area contributed by atoms with Crippen LogP contribution in [0.25, 0.3) is 0 Å². The van der Waals surface area contributed by atoms with Crippen LogP contribution >= 0.6 is 23.4 Å². The molecule has 5 nitrogen and oxygen atoms in total. The van der Waals surface area contributed by atoms with Crippen LogP contribution in [0, 0.1) is 0 Å². The Balaban J connectivity index is 2.18. The number of nitrogens with zero attached hydrogens (tertiary/aromatic N) is 3. The zero-order chi connectivity index (χ0) is 20.1. The van der Waals surface area contributed by atoms with E-state index >= 15 is 0 Å². The fraction of sp³-hybridized carbons (Fsp3) is 0.150. The van der Waals surface area contributed by atoms with Crippen molar-refractivity contribution in [1.29, 1.82) is 0 Å². The van der Waals surface area contributed by atoms with Crippen LogP contribution in [0.5, 0.6) is 0 Å². The molecule has 1 heterocycles. The molecule has 1 amide bonds. The zero-order valence-corrected chi connectivity index (χ0v) is 17.7. The topological polar surface area (TPSA) is 72.3 Å². The van der Waals surface area contributed by atoms with Gasteiger partial charge >= 0.3 is 0 Å². The molecule has 0 saturated carbocycles. The quantitative estimate of drug-likeness (QED) is 0.312. The van der Waals surface area contributed by atoms with Crippen LogP contribution in [0.3, 0.4) is 0 Å². The molecule has 3 aromatic rings. The molecule has 2 aromatic carbocycles. The third kappa shape index (κ3) is 4.43. The minimum Gasteiger partial charge on any atom is -0.266 e. The number of hydrogen-bond acceptors (Lipinski definition) is 5. The summed E-state index contributed by atoms with van der Waals surface area (Å²) in [4.78, 5) is 21.8. The van der Waals surface area contributed by atoms with E-state index in [1.54, 1.807) is 67.6 Å². The maximum Gasteiger partial charge on any atom is 0.285 e. The third-order valence-corrected chi connectivity index (χ3v) is 7.42. The Kier molecular flexibility index (Phi) is 6.49. The second kappa shape index (κ2) is 8.86. The van der Waals surface area contributed by atoms with Gasteiger partial charge in [0.15, 0.2) is 5.16 Å². The standard InChI is InChI=1S/C20H18ClN3O2S2/c1-14(17-13-18(21)23-20(22-17)27-2)28(26,16-11-7-4-8-12-16)24-19(25)15-9-5-3-6-10-15/h3-14H,1-2H3. The Bertz CT molecular complexity index is 1100. The number of benzene rings is 2. The number of amides is 1. The van der Waals surface area contributed by atoms with Crippen molar-refractivity contribution in [3.8, 4) is 0 Å². The second-order valence-electron chi connectivity index (χ2n) is 5.89. The van der Waals surface area contributed by atoms with E-state index in [0.717, 1.165) is 0 Å². The molecule has 0 N–H and O–H groups in total. The molecular formula is C20H18ClN3O2S2. The first-order valence-corrected chi connectivity index (χ1v) is 11.6. The monoisotopic (exact) mass is 431 g/mol. The smallest absolute Gasteiger partial charge is 0.266 e. The van der Waals surface area contributed by atoms with Crippen molar-refractivity contribution in [1.82, 2.24) is 9.97 Å². The lowest BCUT2D eigenvalue weighted by Crippen LogP contribution is -2.15. The van der Waals surface area contributed by atoms with Crippen molar-refractivity contribution >= 4 is 39.0 Å². The number of aromatic nitrogens is 2. The predicted octanol–water partition coefficient (Wildman–Crippen LogP) is 5.28. The molecule has 0 fully saturated rings. The van der Waals surface area contributed by atoms with E-state index in [-0.39, 0.29) is 5.15 Å². The molecule has 0 spiro atoms. The molecule has 0 aliphatic carbocycles. The fourth-order valence-corrected chi connectivity index (χ4v) is 5.23. The molecule has 0 saturated heterocycles. The Labute approximate surface area is 173 Å². The van der Waals surface area contributed by atoms with Gasteiger partial charge in [-0.25, -0.2) is 14.2 Å². The lowest BCUT2D eigenvalue weighted by atomic mass is 10.2. The summed E-state index contributed by atoms with van der Waals surface area (Å²) in [5.74, 6) is -0.536. The Morgan fingerprint density at radius 2 is 1.68 bits per heavy atom. The summed E-state index contributed by atoms with van der Waals surface area (Å²) in [5, 5.41) is 0.0536. The van der Waals surface area contributed by atoms with Gasteiger partial charge in [-0.15, -0.1) is 0 Å². The minimum absolute atomic E-state index is 0.255. The molecule has 144 valence electrons. The summed E-state index contributed by atoms with van der Waals surface area (Å²) in [6.07, 6.45) is 1.83. The Hall–Kier alpha value is -2.22. The average Bonchev–Trinajstić information content (AvgIpc) is 2.73. The van der Waals surface area contributed by atoms with E-state index < -0.39 is 20.9 Å². The van der Waals surface area contributed by atoms with Crippen LogP contribution in [-0.2, 0) is 9.73 Å². The highest BCUT2D eigenvalue weighted by Gasteiger charge is 2.27. The van der Waals surface area contributed by atoms with Crippen molar-refractivity contribution < 1.29 is 9.00 Å². The summed E-state index contributed by atoms with van der Waals surface area (Å²) in [6, 6.07) is 18.9. The molecule has 2 atom stereocenters. The molecule has 0 bridgehead atoms. The van der Waals surface area contributed by atoms with Gasteiger partial charge in [-0.2, -0.15) is 4.36 Å². The third-order valence-electron chi connectivity index (χ3n) is 4.09. The summed E-state index contributed by atoms with van der Waals surface area (Å²) in [5.41, 5.74) is 0.853. The molecule has 0 aliphatic heterocycles. The van der Waals surface area contributed by atoms with Crippen molar-refractivity contribution in [2.75, 3.05) is 6.26 Å². The van der Waals surface area contributed by atoms with E-state index in [1.807, 2.05) is 12.3 Å². The van der Waals surface area contributed by atoms with Crippen molar-refractivity contribution in [3.05, 3.63) is 83.1 Å². The number of rotatable bonds is 5. The van der Waals surface area contributed by atoms with Gasteiger partial charge in [0.2, 0.25) is 0 Å². The maximum absolute atomic E-state index is 14.1. The lowest BCUT2D eigenvalue weighted by molar-refractivity contribution is 0.100. The van der Waals surface area contributed by atoms with Crippen molar-refractivity contribution in [2.45, 2.75) is 22.2 Å². The van der Waals surface area contributed by atoms with E-state index in [2.05, 4.69) is 14.3 Å². The van der Waals surface area contributed by atoms with Crippen LogP contribution in [0.15, 0.2) is 81.1 Å². The first-order valence-electron chi connectivity index (χ1n) is 8.43. The summed E-state index contributed by atoms with van der Waals surface area (Å²) in [7, 11) is -3.17. The van der Waals surface area contributed by atoms with E-state index in [1.165, 1.54) is 11.8 Å². The molecule has 0 radical (unpaired) electrons. The fourth-order valence-electron chi connectivity index (χ4n) is 2.58. The molecule has 28 heavy (non-hydrogen) atoms. The molecule has 8 heteroatoms. The van der Waals surface area contributed by atoms with Gasteiger partial charge in [0.05, 0.1) is 20.7 Å². The molecule has 0 aliphatic rings. The number of halogens is 1. The normalized spacial score (nSPS) is 14.1. The zero-order valence-electron chi connectivity index (χ0n) is 15.3. The highest BCUT2D eigenvalue weighted by Crippen LogP contribution is 2.32. The highest BCUT2D eigenvalue weighted by atomic mass is 35.5. The van der Waals surface area contributed by atoms with Gasteiger partial charge in [-0.05, 0) is 43.5 Å². The first-order chi connectivity index (χ1) is 13.4. The van der Waals surface area contributed by atoms with Crippen LogP contribution in [0.2, 0.25) is 5.15 Å². The first kappa shape index (κ1) is 20.5. The van der Waals surface area contributed by atoms with Crippen LogP contribution < -0.4 is 0 Å². The number of hydrogen-bond donors (Lipinski definition) is 0. The lowest BCUT2D eigenvalue weighted by Gasteiger charge is -2.18. The van der Waals surface area contributed by atoms with Crippen LogP contribution in [-0.4, -0.2) is 26.3 Å². The van der Waals surface area contributed by atoms with Gasteiger partial charge in [-0.3, -0.25) is 4.79 Å². The van der Waals surface area contributed by atoms with Gasteiger partial charge in [-0.1, -0.05) is 59.8 Å². The Morgan fingerprint density at radius 1 is 1.07 bits per heavy atom. The molecule has 2 unspecified atom stereocenters. The number of thioether (sulfide) groups is 1. The highest BCUT2D eigenvalue weighted by molar-refractivity contribution is 7.98. The van der Waals surface area contributed by atoms with Gasteiger partial charge in [0.25, 0.3) is 5.91 Å². The largest absolute Gasteiger partial charge is 0.285 e. The van der Waals surface area contributed by atoms with Crippen molar-refractivity contribution in [2.24, 2.45) is 4.36 Å². The maximum atomic E-state index is 14.1. The van der Waals surface area contributed by atoms with Gasteiger partial charge < -0.3 is 0 Å². The summed E-state index contributed by atoms with van der Waals surface area (Å²) in [6.45, 7) is 1.74. The van der Waals surface area contributed by atoms with Crippen LogP contribution in [0.4, 0.5) is 0 Å². The number of carbonyl (C=O) groups is 1. The molecule has 3 rings (SSSR count). The van der Waals surface area contributed by atoms with E-state index in [9.17, 15) is 9.00 Å². The van der Waals surface area contributed by atoms with Gasteiger partial charge in [0.1, 0.15) is 5.15 Å². The van der Waals surface area contributed by atoms with Crippen molar-refractivity contribution in [3.63, 3.8) is 0 Å². The summed E-state index contributed by atoms with van der Waals surface area (Å²) < 4.78 is 18.3. The Morgan fingerprint density at radius 3 is 2.29 bits per heavy atom. The second-order valence-corrected chi connectivity index (χ2v) is 9.55. The molecular weight excluding hydrogens is 414 g/mol.